The lowest BCUT2D eigenvalue weighted by atomic mass is 9.41. The number of carboxylic acid groups (broad SMARTS) is 1. The van der Waals surface area contributed by atoms with E-state index in [4.69, 9.17) is 0 Å². The quantitative estimate of drug-likeness (QED) is 0.776. The van der Waals surface area contributed by atoms with Gasteiger partial charge in [-0.3, -0.25) is 4.79 Å². The van der Waals surface area contributed by atoms with Gasteiger partial charge in [0.05, 0.1) is 11.0 Å². The standard InChI is InChI=1S/C14H22O3/c1-12(2,17)14-6-9-3-10(7-14)5-13(4-9,8-14)11(15)16/h9-10,17H,3-8H2,1-2H3,(H,15,16). The summed E-state index contributed by atoms with van der Waals surface area (Å²) in [6.07, 6.45) is 5.62. The maximum Gasteiger partial charge on any atom is 0.309 e. The highest BCUT2D eigenvalue weighted by molar-refractivity contribution is 5.75. The van der Waals surface area contributed by atoms with Crippen LogP contribution in [0.3, 0.4) is 0 Å². The lowest BCUT2D eigenvalue weighted by molar-refractivity contribution is -0.205. The van der Waals surface area contributed by atoms with E-state index in [0.717, 1.165) is 25.7 Å². The average Bonchev–Trinajstić information content (AvgIpc) is 2.13. The molecule has 4 rings (SSSR count). The van der Waals surface area contributed by atoms with Crippen molar-refractivity contribution in [1.82, 2.24) is 0 Å². The maximum atomic E-state index is 11.6. The highest BCUT2D eigenvalue weighted by Gasteiger charge is 2.64. The molecule has 17 heavy (non-hydrogen) atoms. The number of aliphatic hydroxyl groups is 1. The second-order valence-electron chi connectivity index (χ2n) is 7.39. The van der Waals surface area contributed by atoms with Crippen molar-refractivity contribution in [3.8, 4) is 0 Å². The molecule has 0 aromatic heterocycles. The van der Waals surface area contributed by atoms with Gasteiger partial charge in [-0.25, -0.2) is 0 Å². The summed E-state index contributed by atoms with van der Waals surface area (Å²) in [5.74, 6) is 0.428. The first-order chi connectivity index (χ1) is 7.76. The van der Waals surface area contributed by atoms with Crippen molar-refractivity contribution >= 4 is 5.97 Å². The van der Waals surface area contributed by atoms with Gasteiger partial charge in [0.2, 0.25) is 0 Å². The van der Waals surface area contributed by atoms with Crippen molar-refractivity contribution in [2.75, 3.05) is 0 Å². The van der Waals surface area contributed by atoms with Crippen molar-refractivity contribution in [3.05, 3.63) is 0 Å². The van der Waals surface area contributed by atoms with Crippen LogP contribution in [0.4, 0.5) is 0 Å². The highest BCUT2D eigenvalue weighted by Crippen LogP contribution is 2.68. The zero-order chi connectivity index (χ0) is 12.5. The first-order valence-electron chi connectivity index (χ1n) is 6.72. The van der Waals surface area contributed by atoms with Gasteiger partial charge in [0.1, 0.15) is 0 Å². The third kappa shape index (κ3) is 1.41. The molecule has 96 valence electrons. The van der Waals surface area contributed by atoms with Crippen molar-refractivity contribution in [3.63, 3.8) is 0 Å². The third-order valence-corrected chi connectivity index (χ3v) is 5.81. The van der Waals surface area contributed by atoms with Crippen LogP contribution in [0.5, 0.6) is 0 Å². The van der Waals surface area contributed by atoms with Crippen LogP contribution in [-0.2, 0) is 4.79 Å². The van der Waals surface area contributed by atoms with Gasteiger partial charge >= 0.3 is 5.97 Å². The monoisotopic (exact) mass is 238 g/mol. The van der Waals surface area contributed by atoms with Crippen molar-refractivity contribution in [1.29, 1.82) is 0 Å². The molecule has 0 heterocycles. The van der Waals surface area contributed by atoms with E-state index in [2.05, 4.69) is 0 Å². The Kier molecular flexibility index (Phi) is 2.07. The molecule has 2 unspecified atom stereocenters. The van der Waals surface area contributed by atoms with E-state index < -0.39 is 17.0 Å². The fourth-order valence-electron chi connectivity index (χ4n) is 5.23. The third-order valence-electron chi connectivity index (χ3n) is 5.81. The van der Waals surface area contributed by atoms with Gasteiger partial charge in [-0.05, 0) is 64.2 Å². The SMILES string of the molecule is CC(C)(O)C12CC3CC(CC(C(=O)O)(C3)C1)C2. The van der Waals surface area contributed by atoms with Crippen LogP contribution in [0.1, 0.15) is 52.4 Å². The van der Waals surface area contributed by atoms with Gasteiger partial charge in [-0.2, -0.15) is 0 Å². The molecule has 2 atom stereocenters. The second-order valence-corrected chi connectivity index (χ2v) is 7.39. The number of hydrogen-bond acceptors (Lipinski definition) is 2. The summed E-state index contributed by atoms with van der Waals surface area (Å²) in [5.41, 5.74) is -1.41. The molecule has 2 N–H and O–H groups in total. The van der Waals surface area contributed by atoms with Crippen LogP contribution >= 0.6 is 0 Å². The zero-order valence-electron chi connectivity index (χ0n) is 10.7. The molecule has 4 fully saturated rings. The summed E-state index contributed by atoms with van der Waals surface area (Å²) in [7, 11) is 0. The number of hydrogen-bond donors (Lipinski definition) is 2. The molecule has 0 aromatic carbocycles. The summed E-state index contributed by atoms with van der Waals surface area (Å²) in [4.78, 5) is 11.6. The van der Waals surface area contributed by atoms with Gasteiger partial charge in [-0.15, -0.1) is 0 Å². The Morgan fingerprint density at radius 1 is 1.18 bits per heavy atom. The summed E-state index contributed by atoms with van der Waals surface area (Å²) in [5, 5.41) is 20.1. The minimum absolute atomic E-state index is 0.143. The number of carbonyl (C=O) groups is 1. The topological polar surface area (TPSA) is 57.5 Å². The van der Waals surface area contributed by atoms with Crippen LogP contribution in [0.15, 0.2) is 0 Å². The number of rotatable bonds is 2. The molecule has 0 amide bonds. The number of carboxylic acids is 1. The molecule has 4 bridgehead atoms. The lowest BCUT2D eigenvalue weighted by Gasteiger charge is -2.64. The molecule has 4 saturated carbocycles. The largest absolute Gasteiger partial charge is 0.481 e. The molecule has 3 heteroatoms. The summed E-state index contributed by atoms with van der Waals surface area (Å²) in [6, 6.07) is 0. The predicted octanol–water partition coefficient (Wildman–Crippen LogP) is 2.43. The van der Waals surface area contributed by atoms with E-state index >= 15 is 0 Å². The van der Waals surface area contributed by atoms with Crippen LogP contribution < -0.4 is 0 Å². The predicted molar refractivity (Wildman–Crippen MR) is 63.5 cm³/mol. The summed E-state index contributed by atoms with van der Waals surface area (Å²) >= 11 is 0. The first kappa shape index (κ1) is 11.5. The fraction of sp³-hybridized carbons (Fsp3) is 0.929. The van der Waals surface area contributed by atoms with E-state index in [9.17, 15) is 15.0 Å². The first-order valence-corrected chi connectivity index (χ1v) is 6.72. The molecule has 4 aliphatic rings. The summed E-state index contributed by atoms with van der Waals surface area (Å²) in [6.45, 7) is 3.74. The van der Waals surface area contributed by atoms with Crippen LogP contribution in [0.2, 0.25) is 0 Å². The minimum Gasteiger partial charge on any atom is -0.481 e. The fourth-order valence-corrected chi connectivity index (χ4v) is 5.23. The number of aliphatic carboxylic acids is 1. The maximum absolute atomic E-state index is 11.6. The van der Waals surface area contributed by atoms with Crippen LogP contribution in [-0.4, -0.2) is 21.8 Å². The molecular formula is C14H22O3. The smallest absolute Gasteiger partial charge is 0.309 e. The molecule has 4 aliphatic carbocycles. The molecule has 0 saturated heterocycles. The van der Waals surface area contributed by atoms with Crippen LogP contribution in [0, 0.1) is 22.7 Å². The molecule has 0 radical (unpaired) electrons. The lowest BCUT2D eigenvalue weighted by Crippen LogP contribution is -2.61. The molecule has 0 spiro atoms. The normalized spacial score (nSPS) is 48.4. The Bertz CT molecular complexity index is 352. The van der Waals surface area contributed by atoms with E-state index in [1.807, 2.05) is 13.8 Å². The molecular weight excluding hydrogens is 216 g/mol. The van der Waals surface area contributed by atoms with Crippen molar-refractivity contribution < 1.29 is 15.0 Å². The van der Waals surface area contributed by atoms with Crippen molar-refractivity contribution in [2.24, 2.45) is 22.7 Å². The van der Waals surface area contributed by atoms with Gasteiger partial charge in [0.25, 0.3) is 0 Å². The van der Waals surface area contributed by atoms with Gasteiger partial charge < -0.3 is 10.2 Å². The molecule has 0 aromatic rings. The van der Waals surface area contributed by atoms with Crippen molar-refractivity contribution in [2.45, 2.75) is 58.0 Å². The Labute approximate surface area is 102 Å². The Morgan fingerprint density at radius 3 is 2.12 bits per heavy atom. The average molecular weight is 238 g/mol. The van der Waals surface area contributed by atoms with E-state index in [-0.39, 0.29) is 5.41 Å². The molecule has 0 aliphatic heterocycles. The Balaban J connectivity index is 2.03. The molecule has 3 nitrogen and oxygen atoms in total. The van der Waals surface area contributed by atoms with E-state index in [0.29, 0.717) is 18.3 Å². The zero-order valence-corrected chi connectivity index (χ0v) is 10.7. The van der Waals surface area contributed by atoms with Gasteiger partial charge in [0, 0.05) is 5.41 Å². The van der Waals surface area contributed by atoms with E-state index in [1.165, 1.54) is 6.42 Å². The highest BCUT2D eigenvalue weighted by atomic mass is 16.4. The van der Waals surface area contributed by atoms with E-state index in [1.54, 1.807) is 0 Å². The second kappa shape index (κ2) is 3.05. The Morgan fingerprint density at radius 2 is 1.71 bits per heavy atom. The van der Waals surface area contributed by atoms with Gasteiger partial charge in [-0.1, -0.05) is 0 Å². The minimum atomic E-state index is -0.745. The van der Waals surface area contributed by atoms with Crippen LogP contribution in [0.25, 0.3) is 0 Å². The van der Waals surface area contributed by atoms with Gasteiger partial charge in [0.15, 0.2) is 0 Å². The Hall–Kier alpha value is -0.570. The summed E-state index contributed by atoms with van der Waals surface area (Å²) < 4.78 is 0.